The van der Waals surface area contributed by atoms with Gasteiger partial charge in [0, 0.05) is 6.42 Å². The molecule has 0 aliphatic rings. The zero-order chi connectivity index (χ0) is 27.6. The molecule has 1 amide bonds. The molecule has 34 heavy (non-hydrogen) atoms. The van der Waals surface area contributed by atoms with Gasteiger partial charge in [-0.25, -0.2) is 13.2 Å². The first-order valence-corrected chi connectivity index (χ1v) is 9.43. The highest BCUT2D eigenvalue weighted by atomic mass is 32.2. The van der Waals surface area contributed by atoms with Gasteiger partial charge in [-0.1, -0.05) is 6.58 Å². The summed E-state index contributed by atoms with van der Waals surface area (Å²) in [5, 5.41) is -5.29. The Labute approximate surface area is 182 Å². The molecule has 0 rings (SSSR count). The second-order valence-corrected chi connectivity index (χ2v) is 7.56. The number of rotatable bonds is 11. The Morgan fingerprint density at radius 3 is 1.79 bits per heavy atom. The number of Topliss-reactive ketones (excluding diaryl/α,β-unsaturated/α-hetero) is 1. The Hall–Kier alpha value is -2.48. The Bertz CT molecular complexity index is 928. The molecule has 0 aromatic carbocycles. The van der Waals surface area contributed by atoms with E-state index in [1.54, 1.807) is 0 Å². The lowest BCUT2D eigenvalue weighted by Crippen LogP contribution is -2.62. The van der Waals surface area contributed by atoms with Gasteiger partial charge in [-0.15, -0.1) is 0 Å². The molecule has 198 valence electrons. The SMILES string of the molecule is C=C(C(=O)OC(OCCC(F)(F)C(F)(F)S(=O)(=O)[O-])(C(=O)NCC(C)=O)C(F)(F)F)C(F)(F)F. The molecular formula is C14H12F10NO8S-. The van der Waals surface area contributed by atoms with Crippen molar-refractivity contribution in [2.75, 3.05) is 13.2 Å². The largest absolute Gasteiger partial charge is 0.743 e. The molecule has 0 aliphatic heterocycles. The molecular weight excluding hydrogens is 532 g/mol. The van der Waals surface area contributed by atoms with Crippen molar-refractivity contribution < 1.29 is 80.7 Å². The van der Waals surface area contributed by atoms with Gasteiger partial charge in [0.05, 0.1) is 13.2 Å². The molecule has 0 aromatic rings. The third-order valence-corrected chi connectivity index (χ3v) is 4.38. The van der Waals surface area contributed by atoms with Gasteiger partial charge in [0.1, 0.15) is 11.4 Å². The third-order valence-electron chi connectivity index (χ3n) is 3.46. The average Bonchev–Trinajstić information content (AvgIpc) is 2.61. The first-order chi connectivity index (χ1) is 14.8. The maximum Gasteiger partial charge on any atom is 0.466 e. The van der Waals surface area contributed by atoms with E-state index in [1.807, 2.05) is 0 Å². The van der Waals surface area contributed by atoms with Crippen LogP contribution in [0, 0.1) is 0 Å². The maximum absolute atomic E-state index is 13.6. The van der Waals surface area contributed by atoms with E-state index in [2.05, 4.69) is 16.1 Å². The van der Waals surface area contributed by atoms with Crippen LogP contribution in [0.1, 0.15) is 13.3 Å². The lowest BCUT2D eigenvalue weighted by Gasteiger charge is -2.34. The number of nitrogens with one attached hydrogen (secondary N) is 1. The minimum atomic E-state index is -7.09. The summed E-state index contributed by atoms with van der Waals surface area (Å²) in [6.07, 6.45) is -14.9. The van der Waals surface area contributed by atoms with Crippen LogP contribution < -0.4 is 5.32 Å². The fraction of sp³-hybridized carbons (Fsp3) is 0.643. The third kappa shape index (κ3) is 7.01. The van der Waals surface area contributed by atoms with E-state index in [0.29, 0.717) is 6.92 Å². The number of alkyl halides is 10. The zero-order valence-electron chi connectivity index (χ0n) is 16.3. The Balaban J connectivity index is 6.28. The van der Waals surface area contributed by atoms with E-state index >= 15 is 0 Å². The Kier molecular flexibility index (Phi) is 9.29. The molecule has 0 heterocycles. The fourth-order valence-electron chi connectivity index (χ4n) is 1.69. The van der Waals surface area contributed by atoms with Crippen molar-refractivity contribution in [2.24, 2.45) is 0 Å². The zero-order valence-corrected chi connectivity index (χ0v) is 17.1. The molecule has 0 aromatic heterocycles. The normalized spacial score (nSPS) is 15.3. The molecule has 0 spiro atoms. The Morgan fingerprint density at radius 2 is 1.44 bits per heavy atom. The van der Waals surface area contributed by atoms with Crippen LogP contribution in [-0.4, -0.2) is 73.1 Å². The monoisotopic (exact) mass is 544 g/mol. The van der Waals surface area contributed by atoms with E-state index in [4.69, 9.17) is 0 Å². The van der Waals surface area contributed by atoms with Gasteiger partial charge in [0.15, 0.2) is 10.1 Å². The number of carbonyl (C=O) groups excluding carboxylic acids is 3. The molecule has 0 aliphatic carbocycles. The van der Waals surface area contributed by atoms with Crippen LogP contribution in [0.3, 0.4) is 0 Å². The lowest BCUT2D eigenvalue weighted by atomic mass is 10.2. The molecule has 0 saturated heterocycles. The van der Waals surface area contributed by atoms with Crippen LogP contribution in [0.4, 0.5) is 43.9 Å². The van der Waals surface area contributed by atoms with Gasteiger partial charge in [0.25, 0.3) is 0 Å². The van der Waals surface area contributed by atoms with Crippen molar-refractivity contribution in [3.8, 4) is 0 Å². The smallest absolute Gasteiger partial charge is 0.466 e. The second kappa shape index (κ2) is 10.0. The number of halogens is 10. The van der Waals surface area contributed by atoms with E-state index in [1.165, 1.54) is 0 Å². The predicted octanol–water partition coefficient (Wildman–Crippen LogP) is 1.79. The molecule has 0 saturated carbocycles. The van der Waals surface area contributed by atoms with E-state index in [-0.39, 0.29) is 0 Å². The minimum Gasteiger partial charge on any atom is -0.743 e. The number of carbonyl (C=O) groups is 3. The summed E-state index contributed by atoms with van der Waals surface area (Å²) in [4.78, 5) is 34.3. The summed E-state index contributed by atoms with van der Waals surface area (Å²) in [5.74, 6) is -18.0. The number of esters is 1. The Morgan fingerprint density at radius 1 is 0.971 bits per heavy atom. The standard InChI is InChI=1S/C14H13F10NO8S/c1-6(26)5-25-9(28)11(13(20,21)22,33-8(27)7(2)12(17,18)19)32-4-3-10(15,16)14(23,24)34(29,30)31/h2-5H2,1H3,(H,25,28)(H,29,30,31)/p-1. The van der Waals surface area contributed by atoms with Crippen LogP contribution in [0.25, 0.3) is 0 Å². The molecule has 0 fully saturated rings. The summed E-state index contributed by atoms with van der Waals surface area (Å²) >= 11 is 0. The van der Waals surface area contributed by atoms with Gasteiger partial charge >= 0.3 is 41.2 Å². The van der Waals surface area contributed by atoms with Crippen LogP contribution in [0.5, 0.6) is 0 Å². The maximum atomic E-state index is 13.6. The number of ketones is 1. The van der Waals surface area contributed by atoms with Crippen LogP contribution in [0.15, 0.2) is 12.2 Å². The van der Waals surface area contributed by atoms with Gasteiger partial charge in [-0.2, -0.15) is 43.9 Å². The van der Waals surface area contributed by atoms with E-state index < -0.39 is 82.2 Å². The number of hydrogen-bond acceptors (Lipinski definition) is 8. The van der Waals surface area contributed by atoms with E-state index in [9.17, 15) is 71.3 Å². The van der Waals surface area contributed by atoms with Gasteiger partial charge < -0.3 is 19.3 Å². The summed E-state index contributed by atoms with van der Waals surface area (Å²) < 4.78 is 169. The summed E-state index contributed by atoms with van der Waals surface area (Å²) in [6.45, 7) is -0.983. The second-order valence-electron chi connectivity index (χ2n) is 6.14. The number of hydrogen-bond donors (Lipinski definition) is 1. The van der Waals surface area contributed by atoms with Gasteiger partial charge in [0.2, 0.25) is 0 Å². The molecule has 0 radical (unpaired) electrons. The van der Waals surface area contributed by atoms with Crippen molar-refractivity contribution in [1.29, 1.82) is 0 Å². The van der Waals surface area contributed by atoms with Crippen molar-refractivity contribution in [3.05, 3.63) is 12.2 Å². The topological polar surface area (TPSA) is 139 Å². The lowest BCUT2D eigenvalue weighted by molar-refractivity contribution is -0.350. The number of ether oxygens (including phenoxy) is 2. The first kappa shape index (κ1) is 31.5. The van der Waals surface area contributed by atoms with Crippen LogP contribution in [0.2, 0.25) is 0 Å². The highest BCUT2D eigenvalue weighted by molar-refractivity contribution is 7.86. The molecule has 1 atom stereocenters. The molecule has 1 N–H and O–H groups in total. The molecule has 0 bridgehead atoms. The van der Waals surface area contributed by atoms with Crippen LogP contribution >= 0.6 is 0 Å². The van der Waals surface area contributed by atoms with Crippen molar-refractivity contribution in [1.82, 2.24) is 5.32 Å². The van der Waals surface area contributed by atoms with Gasteiger partial charge in [-0.05, 0) is 6.92 Å². The number of amides is 1. The molecule has 20 heteroatoms. The quantitative estimate of drug-likeness (QED) is 0.137. The molecule has 9 nitrogen and oxygen atoms in total. The summed E-state index contributed by atoms with van der Waals surface area (Å²) in [5.41, 5.74) is -2.65. The van der Waals surface area contributed by atoms with Crippen molar-refractivity contribution >= 4 is 27.8 Å². The predicted molar refractivity (Wildman–Crippen MR) is 83.9 cm³/mol. The minimum absolute atomic E-state index is 0.680. The average molecular weight is 544 g/mol. The molecule has 1 unspecified atom stereocenters. The first-order valence-electron chi connectivity index (χ1n) is 8.02. The van der Waals surface area contributed by atoms with Crippen molar-refractivity contribution in [2.45, 2.75) is 42.7 Å². The van der Waals surface area contributed by atoms with E-state index in [0.717, 1.165) is 5.32 Å². The summed E-state index contributed by atoms with van der Waals surface area (Å²) in [6, 6.07) is 0. The van der Waals surface area contributed by atoms with Crippen LogP contribution in [-0.2, 0) is 34.0 Å². The fourth-order valence-corrected chi connectivity index (χ4v) is 2.16. The van der Waals surface area contributed by atoms with Crippen molar-refractivity contribution in [3.63, 3.8) is 0 Å². The highest BCUT2D eigenvalue weighted by Crippen LogP contribution is 2.42. The highest BCUT2D eigenvalue weighted by Gasteiger charge is 2.68. The summed E-state index contributed by atoms with van der Waals surface area (Å²) in [7, 11) is -7.09. The van der Waals surface area contributed by atoms with Gasteiger partial charge in [-0.3, -0.25) is 9.59 Å².